The summed E-state index contributed by atoms with van der Waals surface area (Å²) in [5, 5.41) is 16.5. The quantitative estimate of drug-likeness (QED) is 0.213. The standard InChI is InChI=1S/C30H22ClN3O/c1-20-28(27-8-4-5-9-29(27)34(20)19-21-10-13-25(31)14-11-21)17-24(18-32)30(35)33-26-15-12-22-6-2-3-7-23(22)16-26/h2-17H,19H2,1H3,(H,33,35)/b24-17-. The summed E-state index contributed by atoms with van der Waals surface area (Å²) in [4.78, 5) is 13.0. The summed E-state index contributed by atoms with van der Waals surface area (Å²) in [5.41, 5.74) is 4.70. The Morgan fingerprint density at radius 1 is 0.971 bits per heavy atom. The van der Waals surface area contributed by atoms with Crippen LogP contribution in [0.1, 0.15) is 16.8 Å². The van der Waals surface area contributed by atoms with Crippen LogP contribution < -0.4 is 5.32 Å². The van der Waals surface area contributed by atoms with E-state index >= 15 is 0 Å². The van der Waals surface area contributed by atoms with E-state index in [1.54, 1.807) is 6.08 Å². The second-order valence-corrected chi connectivity index (χ2v) is 8.85. The van der Waals surface area contributed by atoms with Crippen LogP contribution in [-0.2, 0) is 11.3 Å². The molecule has 0 saturated heterocycles. The van der Waals surface area contributed by atoms with Gasteiger partial charge in [0.2, 0.25) is 0 Å². The molecule has 1 aromatic heterocycles. The molecule has 0 fully saturated rings. The second-order valence-electron chi connectivity index (χ2n) is 8.41. The molecule has 5 aromatic rings. The first kappa shape index (κ1) is 22.5. The summed E-state index contributed by atoms with van der Waals surface area (Å²) in [6.07, 6.45) is 1.69. The molecule has 0 spiro atoms. The number of carbonyl (C=O) groups excluding carboxylic acids is 1. The molecular weight excluding hydrogens is 454 g/mol. The van der Waals surface area contributed by atoms with Gasteiger partial charge in [0.05, 0.1) is 0 Å². The van der Waals surface area contributed by atoms with Crippen molar-refractivity contribution in [2.45, 2.75) is 13.5 Å². The molecule has 4 nitrogen and oxygen atoms in total. The number of hydrogen-bond donors (Lipinski definition) is 1. The molecule has 0 radical (unpaired) electrons. The topological polar surface area (TPSA) is 57.8 Å². The van der Waals surface area contributed by atoms with Crippen molar-refractivity contribution in [3.8, 4) is 6.07 Å². The first-order valence-corrected chi connectivity index (χ1v) is 11.7. The Morgan fingerprint density at radius 2 is 1.69 bits per heavy atom. The lowest BCUT2D eigenvalue weighted by atomic mass is 10.1. The Labute approximate surface area is 208 Å². The SMILES string of the molecule is Cc1c(/C=C(/C#N)C(=O)Nc2ccc3ccccc3c2)c2ccccc2n1Cc1ccc(Cl)cc1. The van der Waals surface area contributed by atoms with E-state index < -0.39 is 5.91 Å². The Morgan fingerprint density at radius 3 is 2.46 bits per heavy atom. The summed E-state index contributed by atoms with van der Waals surface area (Å²) >= 11 is 6.05. The summed E-state index contributed by atoms with van der Waals surface area (Å²) in [7, 11) is 0. The van der Waals surface area contributed by atoms with Crippen LogP contribution >= 0.6 is 11.6 Å². The second kappa shape index (κ2) is 9.50. The van der Waals surface area contributed by atoms with Gasteiger partial charge in [-0.1, -0.05) is 72.3 Å². The zero-order valence-electron chi connectivity index (χ0n) is 19.1. The van der Waals surface area contributed by atoms with Crippen LogP contribution in [0.5, 0.6) is 0 Å². The highest BCUT2D eigenvalue weighted by atomic mass is 35.5. The number of fused-ring (bicyclic) bond motifs is 2. The van der Waals surface area contributed by atoms with E-state index in [0.29, 0.717) is 17.3 Å². The molecule has 0 aliphatic carbocycles. The van der Waals surface area contributed by atoms with Crippen molar-refractivity contribution in [1.82, 2.24) is 4.57 Å². The summed E-state index contributed by atoms with van der Waals surface area (Å²) in [6, 6.07) is 31.5. The number of anilines is 1. The van der Waals surface area contributed by atoms with Crippen LogP contribution in [0.15, 0.2) is 96.6 Å². The van der Waals surface area contributed by atoms with Crippen LogP contribution in [-0.4, -0.2) is 10.5 Å². The largest absolute Gasteiger partial charge is 0.340 e. The van der Waals surface area contributed by atoms with Crippen molar-refractivity contribution in [3.63, 3.8) is 0 Å². The molecule has 0 aliphatic heterocycles. The van der Waals surface area contributed by atoms with Gasteiger partial charge in [0.25, 0.3) is 5.91 Å². The third-order valence-electron chi connectivity index (χ3n) is 6.19. The van der Waals surface area contributed by atoms with E-state index in [1.807, 2.05) is 91.9 Å². The van der Waals surface area contributed by atoms with Crippen LogP contribution in [0.4, 0.5) is 5.69 Å². The third kappa shape index (κ3) is 4.55. The highest BCUT2D eigenvalue weighted by Crippen LogP contribution is 2.29. The minimum atomic E-state index is -0.434. The maximum Gasteiger partial charge on any atom is 0.266 e. The highest BCUT2D eigenvalue weighted by Gasteiger charge is 2.16. The molecule has 1 amide bonds. The number of hydrogen-bond acceptors (Lipinski definition) is 2. The molecule has 0 atom stereocenters. The normalized spacial score (nSPS) is 11.5. The average molecular weight is 476 g/mol. The molecule has 35 heavy (non-hydrogen) atoms. The highest BCUT2D eigenvalue weighted by molar-refractivity contribution is 6.30. The predicted molar refractivity (Wildman–Crippen MR) is 143 cm³/mol. The fourth-order valence-electron chi connectivity index (χ4n) is 4.37. The molecule has 4 aromatic carbocycles. The van der Waals surface area contributed by atoms with Crippen LogP contribution in [0.25, 0.3) is 27.8 Å². The van der Waals surface area contributed by atoms with Gasteiger partial charge in [0.1, 0.15) is 11.6 Å². The molecule has 170 valence electrons. The van der Waals surface area contributed by atoms with Gasteiger partial charge in [-0.3, -0.25) is 4.79 Å². The zero-order chi connectivity index (χ0) is 24.4. The summed E-state index contributed by atoms with van der Waals surface area (Å²) in [5.74, 6) is -0.434. The zero-order valence-corrected chi connectivity index (χ0v) is 19.9. The molecule has 0 bridgehead atoms. The fraction of sp³-hybridized carbons (Fsp3) is 0.0667. The Balaban J connectivity index is 1.50. The van der Waals surface area contributed by atoms with Gasteiger partial charge >= 0.3 is 0 Å². The smallest absolute Gasteiger partial charge is 0.266 e. The molecule has 0 aliphatic rings. The molecule has 1 heterocycles. The summed E-state index contributed by atoms with van der Waals surface area (Å²) in [6.45, 7) is 2.67. The number of carbonyl (C=O) groups is 1. The van der Waals surface area contributed by atoms with Crippen LogP contribution in [0.3, 0.4) is 0 Å². The minimum absolute atomic E-state index is 0.0515. The number of nitrogens with one attached hydrogen (secondary N) is 1. The Bertz CT molecular complexity index is 1640. The number of halogens is 1. The van der Waals surface area contributed by atoms with Gasteiger partial charge in [-0.25, -0.2) is 0 Å². The number of nitriles is 1. The van der Waals surface area contributed by atoms with E-state index in [4.69, 9.17) is 11.6 Å². The van der Waals surface area contributed by atoms with Crippen molar-refractivity contribution in [1.29, 1.82) is 5.26 Å². The van der Waals surface area contributed by atoms with Crippen LogP contribution in [0.2, 0.25) is 5.02 Å². The van der Waals surface area contributed by atoms with Crippen molar-refractivity contribution >= 4 is 50.9 Å². The summed E-state index contributed by atoms with van der Waals surface area (Å²) < 4.78 is 2.20. The Kier molecular flexibility index (Phi) is 6.10. The molecule has 5 rings (SSSR count). The molecular formula is C30H22ClN3O. The van der Waals surface area contributed by atoms with E-state index in [0.717, 1.165) is 38.5 Å². The molecule has 0 unspecified atom stereocenters. The molecule has 1 N–H and O–H groups in total. The predicted octanol–water partition coefficient (Wildman–Crippen LogP) is 7.35. The lowest BCUT2D eigenvalue weighted by Crippen LogP contribution is -2.13. The number of nitrogens with zero attached hydrogens (tertiary/aromatic N) is 2. The van der Waals surface area contributed by atoms with Crippen molar-refractivity contribution in [3.05, 3.63) is 118 Å². The fourth-order valence-corrected chi connectivity index (χ4v) is 4.50. The first-order chi connectivity index (χ1) is 17.0. The van der Waals surface area contributed by atoms with Gasteiger partial charge in [-0.2, -0.15) is 5.26 Å². The van der Waals surface area contributed by atoms with Crippen molar-refractivity contribution < 1.29 is 4.79 Å². The minimum Gasteiger partial charge on any atom is -0.340 e. The van der Waals surface area contributed by atoms with Gasteiger partial charge in [0.15, 0.2) is 0 Å². The monoisotopic (exact) mass is 475 g/mol. The number of amides is 1. The van der Waals surface area contributed by atoms with E-state index in [9.17, 15) is 10.1 Å². The lowest BCUT2D eigenvalue weighted by Gasteiger charge is -2.09. The molecule has 5 heteroatoms. The van der Waals surface area contributed by atoms with E-state index in [2.05, 4.69) is 22.0 Å². The number of para-hydroxylation sites is 1. The van der Waals surface area contributed by atoms with Crippen molar-refractivity contribution in [2.24, 2.45) is 0 Å². The number of rotatable bonds is 5. The van der Waals surface area contributed by atoms with Gasteiger partial charge in [-0.15, -0.1) is 0 Å². The number of aromatic nitrogens is 1. The van der Waals surface area contributed by atoms with Crippen LogP contribution in [0, 0.1) is 18.3 Å². The number of benzene rings is 4. The third-order valence-corrected chi connectivity index (χ3v) is 6.45. The Hall–Kier alpha value is -4.33. The van der Waals surface area contributed by atoms with Crippen molar-refractivity contribution in [2.75, 3.05) is 5.32 Å². The molecule has 0 saturated carbocycles. The van der Waals surface area contributed by atoms with Gasteiger partial charge in [0, 0.05) is 39.4 Å². The average Bonchev–Trinajstić information content (AvgIpc) is 3.14. The maximum absolute atomic E-state index is 13.0. The first-order valence-electron chi connectivity index (χ1n) is 11.3. The lowest BCUT2D eigenvalue weighted by molar-refractivity contribution is -0.112. The van der Waals surface area contributed by atoms with Gasteiger partial charge < -0.3 is 9.88 Å². The van der Waals surface area contributed by atoms with E-state index in [1.165, 1.54) is 0 Å². The van der Waals surface area contributed by atoms with Gasteiger partial charge in [-0.05, 0) is 59.7 Å². The van der Waals surface area contributed by atoms with E-state index in [-0.39, 0.29) is 5.57 Å². The maximum atomic E-state index is 13.0.